The largest absolute Gasteiger partial charge is 0.326 e. The number of likely N-dealkylation sites (N-methyl/N-ethyl adjacent to an activating group) is 1. The molecule has 20 heavy (non-hydrogen) atoms. The molecule has 6 nitrogen and oxygen atoms in total. The van der Waals surface area contributed by atoms with Crippen LogP contribution in [-0.2, 0) is 4.79 Å². The predicted octanol–water partition coefficient (Wildman–Crippen LogP) is 1.25. The molecule has 0 unspecified atom stereocenters. The summed E-state index contributed by atoms with van der Waals surface area (Å²) in [6, 6.07) is 8.72. The minimum atomic E-state index is -0.164. The first-order chi connectivity index (χ1) is 9.60. The zero-order valence-electron chi connectivity index (χ0n) is 11.3. The lowest BCUT2D eigenvalue weighted by Gasteiger charge is -2.15. The van der Waals surface area contributed by atoms with Gasteiger partial charge in [0.15, 0.2) is 0 Å². The molecule has 1 heterocycles. The van der Waals surface area contributed by atoms with Gasteiger partial charge in [0, 0.05) is 38.8 Å². The third kappa shape index (κ3) is 3.26. The number of nitrogens with zero attached hydrogens (tertiary/aromatic N) is 3. The number of hydrogen-bond donors (Lipinski definition) is 1. The molecule has 104 valence electrons. The van der Waals surface area contributed by atoms with Crippen molar-refractivity contribution in [2.24, 2.45) is 0 Å². The van der Waals surface area contributed by atoms with Gasteiger partial charge in [-0.2, -0.15) is 5.26 Å². The van der Waals surface area contributed by atoms with Gasteiger partial charge in [0.25, 0.3) is 0 Å². The smallest absolute Gasteiger partial charge is 0.319 e. The Morgan fingerprint density at radius 1 is 1.45 bits per heavy atom. The van der Waals surface area contributed by atoms with Crippen molar-refractivity contribution in [1.82, 2.24) is 9.80 Å². The van der Waals surface area contributed by atoms with E-state index in [4.69, 9.17) is 5.26 Å². The van der Waals surface area contributed by atoms with E-state index in [9.17, 15) is 9.59 Å². The Morgan fingerprint density at radius 2 is 2.25 bits per heavy atom. The van der Waals surface area contributed by atoms with Crippen molar-refractivity contribution in [1.29, 1.82) is 5.26 Å². The van der Waals surface area contributed by atoms with Crippen LogP contribution in [0.25, 0.3) is 0 Å². The van der Waals surface area contributed by atoms with E-state index in [0.717, 1.165) is 0 Å². The van der Waals surface area contributed by atoms with Gasteiger partial charge in [-0.15, -0.1) is 0 Å². The van der Waals surface area contributed by atoms with Gasteiger partial charge in [0.1, 0.15) is 0 Å². The highest BCUT2D eigenvalue weighted by molar-refractivity contribution is 5.91. The molecule has 6 heteroatoms. The van der Waals surface area contributed by atoms with Crippen molar-refractivity contribution in [2.75, 3.05) is 32.0 Å². The molecule has 1 N–H and O–H groups in total. The van der Waals surface area contributed by atoms with Crippen LogP contribution >= 0.6 is 0 Å². The van der Waals surface area contributed by atoms with Gasteiger partial charge in [-0.3, -0.25) is 4.79 Å². The van der Waals surface area contributed by atoms with Crippen molar-refractivity contribution in [3.8, 4) is 6.07 Å². The van der Waals surface area contributed by atoms with Crippen LogP contribution < -0.4 is 5.32 Å². The summed E-state index contributed by atoms with van der Waals surface area (Å²) in [5, 5.41) is 11.5. The summed E-state index contributed by atoms with van der Waals surface area (Å²) in [5.74, 6) is -0.164. The molecule has 1 saturated heterocycles. The lowest BCUT2D eigenvalue weighted by Crippen LogP contribution is -2.32. The summed E-state index contributed by atoms with van der Waals surface area (Å²) in [5.41, 5.74) is 1.10. The fourth-order valence-electron chi connectivity index (χ4n) is 2.04. The molecule has 0 spiro atoms. The second-order valence-corrected chi connectivity index (χ2v) is 4.68. The molecular weight excluding hydrogens is 256 g/mol. The number of rotatable bonds is 4. The minimum Gasteiger partial charge on any atom is -0.326 e. The topological polar surface area (TPSA) is 76.4 Å². The number of urea groups is 1. The SMILES string of the molecule is CN1CCN(CCC(=O)Nc2cccc(C#N)c2)C1=O. The number of anilines is 1. The molecule has 3 amide bonds. The Labute approximate surface area is 117 Å². The Bertz CT molecular complexity index is 565. The van der Waals surface area contributed by atoms with Crippen molar-refractivity contribution in [3.05, 3.63) is 29.8 Å². The molecule has 0 radical (unpaired) electrons. The minimum absolute atomic E-state index is 0.0377. The van der Waals surface area contributed by atoms with Gasteiger partial charge in [-0.1, -0.05) is 6.07 Å². The number of nitriles is 1. The number of nitrogens with one attached hydrogen (secondary N) is 1. The molecular formula is C14H16N4O2. The number of benzene rings is 1. The van der Waals surface area contributed by atoms with Gasteiger partial charge in [-0.05, 0) is 18.2 Å². The van der Waals surface area contributed by atoms with Gasteiger partial charge in [-0.25, -0.2) is 4.79 Å². The standard InChI is InChI=1S/C14H16N4O2/c1-17-7-8-18(14(17)20)6-5-13(19)16-12-4-2-3-11(9-12)10-15/h2-4,9H,5-8H2,1H3,(H,16,19). The third-order valence-electron chi connectivity index (χ3n) is 3.19. The lowest BCUT2D eigenvalue weighted by molar-refractivity contribution is -0.116. The molecule has 0 saturated carbocycles. The van der Waals surface area contributed by atoms with E-state index in [1.54, 1.807) is 41.1 Å². The van der Waals surface area contributed by atoms with E-state index >= 15 is 0 Å². The van der Waals surface area contributed by atoms with Crippen molar-refractivity contribution < 1.29 is 9.59 Å². The third-order valence-corrected chi connectivity index (χ3v) is 3.19. The first-order valence-corrected chi connectivity index (χ1v) is 6.40. The van der Waals surface area contributed by atoms with E-state index in [1.165, 1.54) is 0 Å². The summed E-state index contributed by atoms with van der Waals surface area (Å²) in [4.78, 5) is 26.7. The van der Waals surface area contributed by atoms with Crippen LogP contribution in [0.3, 0.4) is 0 Å². The molecule has 0 bridgehead atoms. The van der Waals surface area contributed by atoms with Crippen molar-refractivity contribution in [2.45, 2.75) is 6.42 Å². The maximum atomic E-state index is 11.8. The predicted molar refractivity (Wildman–Crippen MR) is 74.0 cm³/mol. The fourth-order valence-corrected chi connectivity index (χ4v) is 2.04. The van der Waals surface area contributed by atoms with E-state index < -0.39 is 0 Å². The first kappa shape index (κ1) is 13.9. The average Bonchev–Trinajstić information content (AvgIpc) is 2.77. The highest BCUT2D eigenvalue weighted by Crippen LogP contribution is 2.11. The maximum Gasteiger partial charge on any atom is 0.319 e. The quantitative estimate of drug-likeness (QED) is 0.896. The molecule has 0 atom stereocenters. The zero-order valence-corrected chi connectivity index (χ0v) is 11.3. The normalized spacial score (nSPS) is 14.3. The number of carbonyl (C=O) groups excluding carboxylic acids is 2. The van der Waals surface area contributed by atoms with E-state index in [1.807, 2.05) is 6.07 Å². The summed E-state index contributed by atoms with van der Waals surface area (Å²) < 4.78 is 0. The lowest BCUT2D eigenvalue weighted by atomic mass is 10.2. The molecule has 1 aliphatic heterocycles. The molecule has 0 aromatic heterocycles. The van der Waals surface area contributed by atoms with Crippen LogP contribution in [0, 0.1) is 11.3 Å². The Morgan fingerprint density at radius 3 is 2.90 bits per heavy atom. The van der Waals surface area contributed by atoms with Crippen LogP contribution in [0.5, 0.6) is 0 Å². The van der Waals surface area contributed by atoms with Gasteiger partial charge < -0.3 is 15.1 Å². The van der Waals surface area contributed by atoms with Crippen LogP contribution in [0.15, 0.2) is 24.3 Å². The number of amides is 3. The second-order valence-electron chi connectivity index (χ2n) is 4.68. The van der Waals surface area contributed by atoms with Crippen LogP contribution in [-0.4, -0.2) is 48.4 Å². The van der Waals surface area contributed by atoms with Gasteiger partial charge >= 0.3 is 6.03 Å². The highest BCUT2D eigenvalue weighted by Gasteiger charge is 2.25. The summed E-state index contributed by atoms with van der Waals surface area (Å²) in [6.07, 6.45) is 0.246. The Hall–Kier alpha value is -2.55. The zero-order chi connectivity index (χ0) is 14.5. The molecule has 1 aromatic rings. The van der Waals surface area contributed by atoms with E-state index in [2.05, 4.69) is 5.32 Å². The fraction of sp³-hybridized carbons (Fsp3) is 0.357. The van der Waals surface area contributed by atoms with Crippen LogP contribution in [0.1, 0.15) is 12.0 Å². The summed E-state index contributed by atoms with van der Waals surface area (Å²) >= 11 is 0. The average molecular weight is 272 g/mol. The molecule has 2 rings (SSSR count). The molecule has 1 aliphatic rings. The van der Waals surface area contributed by atoms with E-state index in [0.29, 0.717) is 30.9 Å². The molecule has 1 aromatic carbocycles. The Kier molecular flexibility index (Phi) is 4.20. The van der Waals surface area contributed by atoms with Gasteiger partial charge in [0.2, 0.25) is 5.91 Å². The number of carbonyl (C=O) groups is 2. The Balaban J connectivity index is 1.84. The molecule has 0 aliphatic carbocycles. The first-order valence-electron chi connectivity index (χ1n) is 6.40. The second kappa shape index (κ2) is 6.06. The van der Waals surface area contributed by atoms with E-state index in [-0.39, 0.29) is 18.4 Å². The monoisotopic (exact) mass is 272 g/mol. The highest BCUT2D eigenvalue weighted by atomic mass is 16.2. The summed E-state index contributed by atoms with van der Waals surface area (Å²) in [7, 11) is 1.75. The number of hydrogen-bond acceptors (Lipinski definition) is 3. The van der Waals surface area contributed by atoms with Crippen molar-refractivity contribution >= 4 is 17.6 Å². The maximum absolute atomic E-state index is 11.8. The van der Waals surface area contributed by atoms with Crippen molar-refractivity contribution in [3.63, 3.8) is 0 Å². The molecule has 1 fully saturated rings. The summed E-state index contributed by atoms with van der Waals surface area (Å²) in [6.45, 7) is 1.77. The van der Waals surface area contributed by atoms with Gasteiger partial charge in [0.05, 0.1) is 11.6 Å². The van der Waals surface area contributed by atoms with Crippen LogP contribution in [0.2, 0.25) is 0 Å². The van der Waals surface area contributed by atoms with Crippen LogP contribution in [0.4, 0.5) is 10.5 Å².